The van der Waals surface area contributed by atoms with Crippen LogP contribution in [0.1, 0.15) is 12.8 Å². The summed E-state index contributed by atoms with van der Waals surface area (Å²) in [6, 6.07) is 2.15. The number of hydrogen-bond donors (Lipinski definition) is 1. The van der Waals surface area contributed by atoms with Crippen LogP contribution in [0.5, 0.6) is 0 Å². The molecule has 0 aromatic heterocycles. The first kappa shape index (κ1) is 16.3. The van der Waals surface area contributed by atoms with Crippen molar-refractivity contribution in [2.24, 2.45) is 5.73 Å². The molecule has 1 atom stereocenters. The fraction of sp³-hybridized carbons (Fsp3) is 0.455. The summed E-state index contributed by atoms with van der Waals surface area (Å²) in [6.07, 6.45) is 1.36. The fourth-order valence-electron chi connectivity index (χ4n) is 2.17. The van der Waals surface area contributed by atoms with Crippen LogP contribution in [0.4, 0.5) is 8.78 Å². The van der Waals surface area contributed by atoms with Crippen molar-refractivity contribution in [2.75, 3.05) is 13.1 Å². The van der Waals surface area contributed by atoms with Crippen LogP contribution < -0.4 is 5.73 Å². The first-order valence-electron chi connectivity index (χ1n) is 5.64. The average molecular weight is 313 g/mol. The van der Waals surface area contributed by atoms with Crippen LogP contribution in [0.25, 0.3) is 0 Å². The molecular weight excluding hydrogens is 298 g/mol. The third kappa shape index (κ3) is 3.05. The predicted molar refractivity (Wildman–Crippen MR) is 69.6 cm³/mol. The summed E-state index contributed by atoms with van der Waals surface area (Å²) in [4.78, 5) is -0.496. The van der Waals surface area contributed by atoms with E-state index in [1.165, 1.54) is 4.31 Å². The third-order valence-electron chi connectivity index (χ3n) is 3.08. The van der Waals surface area contributed by atoms with Crippen molar-refractivity contribution >= 4 is 22.4 Å². The Morgan fingerprint density at radius 3 is 2.63 bits per heavy atom. The summed E-state index contributed by atoms with van der Waals surface area (Å²) in [5.74, 6) is -1.87. The molecule has 1 aromatic rings. The molecule has 1 aromatic carbocycles. The van der Waals surface area contributed by atoms with Gasteiger partial charge in [-0.25, -0.2) is 17.2 Å². The number of benzene rings is 1. The molecule has 1 saturated heterocycles. The molecule has 0 spiro atoms. The molecule has 2 N–H and O–H groups in total. The van der Waals surface area contributed by atoms with Crippen molar-refractivity contribution in [2.45, 2.75) is 23.8 Å². The van der Waals surface area contributed by atoms with E-state index in [1.807, 2.05) is 0 Å². The summed E-state index contributed by atoms with van der Waals surface area (Å²) in [5.41, 5.74) is 5.50. The van der Waals surface area contributed by atoms with Crippen molar-refractivity contribution in [3.05, 3.63) is 29.8 Å². The Hall–Kier alpha value is -0.760. The van der Waals surface area contributed by atoms with Crippen molar-refractivity contribution in [3.63, 3.8) is 0 Å². The van der Waals surface area contributed by atoms with Gasteiger partial charge in [0.15, 0.2) is 0 Å². The van der Waals surface area contributed by atoms with Crippen LogP contribution in [0.3, 0.4) is 0 Å². The van der Waals surface area contributed by atoms with Gasteiger partial charge in [0.1, 0.15) is 16.5 Å². The largest absolute Gasteiger partial charge is 0.329 e. The minimum absolute atomic E-state index is 0. The summed E-state index contributed by atoms with van der Waals surface area (Å²) >= 11 is 0. The number of sulfonamides is 1. The van der Waals surface area contributed by atoms with Gasteiger partial charge in [-0.1, -0.05) is 0 Å². The fourth-order valence-corrected chi connectivity index (χ4v) is 3.92. The van der Waals surface area contributed by atoms with Gasteiger partial charge in [-0.15, -0.1) is 12.4 Å². The minimum Gasteiger partial charge on any atom is -0.329 e. The second-order valence-electron chi connectivity index (χ2n) is 4.22. The third-order valence-corrected chi connectivity index (χ3v) is 5.06. The molecule has 0 saturated carbocycles. The van der Waals surface area contributed by atoms with E-state index in [-0.39, 0.29) is 25.0 Å². The molecule has 2 rings (SSSR count). The highest BCUT2D eigenvalue weighted by atomic mass is 35.5. The maximum Gasteiger partial charge on any atom is 0.246 e. The number of hydrogen-bond acceptors (Lipinski definition) is 3. The maximum absolute atomic E-state index is 13.6. The first-order valence-corrected chi connectivity index (χ1v) is 7.08. The second kappa shape index (κ2) is 6.13. The van der Waals surface area contributed by atoms with Gasteiger partial charge in [0.05, 0.1) is 0 Å². The monoisotopic (exact) mass is 312 g/mol. The Morgan fingerprint density at radius 2 is 2.05 bits per heavy atom. The molecule has 0 aliphatic carbocycles. The molecule has 1 aliphatic rings. The van der Waals surface area contributed by atoms with Gasteiger partial charge in [0.2, 0.25) is 10.0 Å². The summed E-state index contributed by atoms with van der Waals surface area (Å²) in [5, 5.41) is 0. The zero-order chi connectivity index (χ0) is 13.3. The highest BCUT2D eigenvalue weighted by Gasteiger charge is 2.35. The van der Waals surface area contributed by atoms with Crippen LogP contribution in [-0.4, -0.2) is 31.9 Å². The molecular formula is C11H15ClF2N2O2S. The molecule has 1 fully saturated rings. The lowest BCUT2D eigenvalue weighted by Crippen LogP contribution is -2.40. The molecule has 108 valence electrons. The zero-order valence-electron chi connectivity index (χ0n) is 10.1. The molecule has 0 amide bonds. The van der Waals surface area contributed by atoms with E-state index in [0.717, 1.165) is 12.1 Å². The lowest BCUT2D eigenvalue weighted by molar-refractivity contribution is 0.390. The summed E-state index contributed by atoms with van der Waals surface area (Å²) < 4.78 is 52.0. The van der Waals surface area contributed by atoms with Crippen LogP contribution in [0.2, 0.25) is 0 Å². The number of nitrogens with two attached hydrogens (primary N) is 1. The number of nitrogens with zero attached hydrogens (tertiary/aromatic N) is 1. The van der Waals surface area contributed by atoms with Crippen LogP contribution >= 0.6 is 12.4 Å². The Balaban J connectivity index is 0.00000180. The highest BCUT2D eigenvalue weighted by Crippen LogP contribution is 2.27. The Kier molecular flexibility index (Phi) is 5.26. The van der Waals surface area contributed by atoms with Crippen LogP contribution in [0, 0.1) is 11.6 Å². The lowest BCUT2D eigenvalue weighted by Gasteiger charge is -2.22. The van der Waals surface area contributed by atoms with E-state index in [0.29, 0.717) is 25.5 Å². The molecule has 8 heteroatoms. The van der Waals surface area contributed by atoms with E-state index in [1.54, 1.807) is 0 Å². The van der Waals surface area contributed by atoms with E-state index in [9.17, 15) is 17.2 Å². The topological polar surface area (TPSA) is 63.4 Å². The SMILES string of the molecule is Cl.NCC1CCCN1S(=O)(=O)c1ccc(F)cc1F. The lowest BCUT2D eigenvalue weighted by atomic mass is 10.2. The van der Waals surface area contributed by atoms with Gasteiger partial charge in [-0.3, -0.25) is 0 Å². The quantitative estimate of drug-likeness (QED) is 0.920. The molecule has 1 heterocycles. The number of rotatable bonds is 3. The van der Waals surface area contributed by atoms with E-state index < -0.39 is 26.6 Å². The molecule has 1 unspecified atom stereocenters. The van der Waals surface area contributed by atoms with Gasteiger partial charge in [-0.2, -0.15) is 4.31 Å². The molecule has 19 heavy (non-hydrogen) atoms. The van der Waals surface area contributed by atoms with Crippen molar-refractivity contribution in [3.8, 4) is 0 Å². The standard InChI is InChI=1S/C11H14F2N2O2S.ClH/c12-8-3-4-11(10(13)6-8)18(16,17)15-5-1-2-9(15)7-14;/h3-4,6,9H,1-2,5,7,14H2;1H. The molecule has 0 bridgehead atoms. The van der Waals surface area contributed by atoms with Gasteiger partial charge in [0, 0.05) is 25.2 Å². The number of halogens is 3. The molecule has 1 aliphatic heterocycles. The van der Waals surface area contributed by atoms with Gasteiger partial charge >= 0.3 is 0 Å². The minimum atomic E-state index is -3.94. The highest BCUT2D eigenvalue weighted by molar-refractivity contribution is 7.89. The van der Waals surface area contributed by atoms with Crippen molar-refractivity contribution < 1.29 is 17.2 Å². The van der Waals surface area contributed by atoms with Crippen molar-refractivity contribution in [1.29, 1.82) is 0 Å². The zero-order valence-corrected chi connectivity index (χ0v) is 11.7. The van der Waals surface area contributed by atoms with Gasteiger partial charge in [-0.05, 0) is 25.0 Å². The van der Waals surface area contributed by atoms with E-state index in [4.69, 9.17) is 5.73 Å². The van der Waals surface area contributed by atoms with Gasteiger partial charge in [0.25, 0.3) is 0 Å². The summed E-state index contributed by atoms with van der Waals surface area (Å²) in [7, 11) is -3.94. The molecule has 0 radical (unpaired) electrons. The van der Waals surface area contributed by atoms with Gasteiger partial charge < -0.3 is 5.73 Å². The smallest absolute Gasteiger partial charge is 0.246 e. The van der Waals surface area contributed by atoms with E-state index >= 15 is 0 Å². The molecule has 4 nitrogen and oxygen atoms in total. The van der Waals surface area contributed by atoms with E-state index in [2.05, 4.69) is 0 Å². The Bertz CT molecular complexity index is 554. The second-order valence-corrected chi connectivity index (χ2v) is 6.08. The average Bonchev–Trinajstić information content (AvgIpc) is 2.76. The predicted octanol–water partition coefficient (Wildman–Crippen LogP) is 1.50. The first-order chi connectivity index (χ1) is 8.46. The van der Waals surface area contributed by atoms with Crippen LogP contribution in [0.15, 0.2) is 23.1 Å². The Morgan fingerprint density at radius 1 is 1.37 bits per heavy atom. The normalized spacial score (nSPS) is 20.3. The summed E-state index contributed by atoms with van der Waals surface area (Å²) in [6.45, 7) is 0.517. The van der Waals surface area contributed by atoms with Crippen molar-refractivity contribution in [1.82, 2.24) is 4.31 Å². The maximum atomic E-state index is 13.6. The Labute approximate surface area is 117 Å². The van der Waals surface area contributed by atoms with Crippen LogP contribution in [-0.2, 0) is 10.0 Å².